The smallest absolute Gasteiger partial charge is 0.227 e. The first kappa shape index (κ1) is 32.1. The molecule has 0 bridgehead atoms. The second-order valence-corrected chi connectivity index (χ2v) is 11.9. The molecule has 0 radical (unpaired) electrons. The summed E-state index contributed by atoms with van der Waals surface area (Å²) in [5, 5.41) is 2.68. The molecule has 3 aromatic rings. The summed E-state index contributed by atoms with van der Waals surface area (Å²) in [4.78, 5) is 14.8. The lowest BCUT2D eigenvalue weighted by molar-refractivity contribution is -0.683. The Morgan fingerprint density at radius 1 is 0.875 bits per heavy atom. The van der Waals surface area contributed by atoms with E-state index in [4.69, 9.17) is 16.3 Å². The van der Waals surface area contributed by atoms with Crippen molar-refractivity contribution in [1.82, 2.24) is 0 Å². The van der Waals surface area contributed by atoms with Gasteiger partial charge in [0.15, 0.2) is 12.7 Å². The zero-order valence-corrected chi connectivity index (χ0v) is 26.2. The van der Waals surface area contributed by atoms with Gasteiger partial charge in [-0.05, 0) is 36.2 Å². The number of anilines is 1. The van der Waals surface area contributed by atoms with E-state index in [1.807, 2.05) is 42.2 Å². The van der Waals surface area contributed by atoms with Crippen molar-refractivity contribution in [2.75, 3.05) is 11.5 Å². The number of rotatable bonds is 20. The second-order valence-electron chi connectivity index (χ2n) is 10.7. The number of hydrogen-bond donors (Lipinski definition) is 0. The van der Waals surface area contributed by atoms with Gasteiger partial charge >= 0.3 is 0 Å². The molecule has 40 heavy (non-hydrogen) atoms. The predicted molar refractivity (Wildman–Crippen MR) is 170 cm³/mol. The lowest BCUT2D eigenvalue weighted by Gasteiger charge is -2.23. The van der Waals surface area contributed by atoms with E-state index in [1.165, 1.54) is 70.6 Å². The summed E-state index contributed by atoms with van der Waals surface area (Å²) < 4.78 is 8.23. The van der Waals surface area contributed by atoms with Crippen molar-refractivity contribution in [2.24, 2.45) is 0 Å². The summed E-state index contributed by atoms with van der Waals surface area (Å²) in [6, 6.07) is 14.1. The van der Waals surface area contributed by atoms with E-state index in [-0.39, 0.29) is 5.91 Å². The van der Waals surface area contributed by atoms with Crippen LogP contribution in [0.1, 0.15) is 108 Å². The molecule has 0 spiro atoms. The van der Waals surface area contributed by atoms with E-state index in [1.54, 1.807) is 11.3 Å². The highest BCUT2D eigenvalue weighted by Gasteiger charge is 2.17. The molecule has 2 aromatic carbocycles. The standard InChI is InChI=1S/C34H48ClN2O2S/c1-3-5-6-7-8-9-10-11-12-13-14-15-22-39-33-25-30(19-20-32(33)35)27-37(34(38)4-2)31-18-16-17-29(24-31)26-36-21-23-40-28-36/h16-21,23-25,28H,3-15,22,26-27H2,1-2H3/q+1. The van der Waals surface area contributed by atoms with Crippen LogP contribution in [-0.4, -0.2) is 12.5 Å². The Labute approximate surface area is 251 Å². The Bertz CT molecular complexity index is 1120. The number of amides is 1. The largest absolute Gasteiger partial charge is 0.492 e. The molecule has 4 nitrogen and oxygen atoms in total. The molecular weight excluding hydrogens is 536 g/mol. The van der Waals surface area contributed by atoms with Crippen molar-refractivity contribution in [2.45, 2.75) is 110 Å². The average Bonchev–Trinajstić information content (AvgIpc) is 3.48. The van der Waals surface area contributed by atoms with Crippen molar-refractivity contribution >= 4 is 34.5 Å². The van der Waals surface area contributed by atoms with E-state index in [0.717, 1.165) is 29.8 Å². The molecule has 1 aromatic heterocycles. The van der Waals surface area contributed by atoms with E-state index in [0.29, 0.717) is 30.3 Å². The number of carbonyl (C=O) groups is 1. The van der Waals surface area contributed by atoms with Gasteiger partial charge in [-0.2, -0.15) is 4.57 Å². The fourth-order valence-electron chi connectivity index (χ4n) is 4.96. The summed E-state index contributed by atoms with van der Waals surface area (Å²) in [5.74, 6) is 0.794. The maximum Gasteiger partial charge on any atom is 0.227 e. The fourth-order valence-corrected chi connectivity index (χ4v) is 5.73. The number of nitrogens with zero attached hydrogens (tertiary/aromatic N) is 2. The van der Waals surface area contributed by atoms with Crippen LogP contribution < -0.4 is 14.2 Å². The first-order valence-electron chi connectivity index (χ1n) is 15.3. The van der Waals surface area contributed by atoms with Crippen molar-refractivity contribution < 1.29 is 14.1 Å². The number of thiazole rings is 1. The van der Waals surface area contributed by atoms with Crippen LogP contribution in [-0.2, 0) is 17.9 Å². The van der Waals surface area contributed by atoms with Crippen molar-refractivity contribution in [3.8, 4) is 5.75 Å². The second kappa shape index (κ2) is 18.9. The monoisotopic (exact) mass is 583 g/mol. The SMILES string of the molecule is CCCCCCCCCCCCCCOc1cc(CN(C(=O)CC)c2cccc(C[n+]3ccsc3)c2)ccc1Cl. The minimum atomic E-state index is 0.0919. The maximum absolute atomic E-state index is 13.0. The van der Waals surface area contributed by atoms with E-state index in [2.05, 4.69) is 40.7 Å². The summed E-state index contributed by atoms with van der Waals surface area (Å²) in [5.41, 5.74) is 5.17. The third kappa shape index (κ3) is 11.6. The highest BCUT2D eigenvalue weighted by atomic mass is 35.5. The molecule has 0 N–H and O–H groups in total. The van der Waals surface area contributed by atoms with Gasteiger partial charge in [0.2, 0.25) is 11.4 Å². The summed E-state index contributed by atoms with van der Waals surface area (Å²) in [6.07, 6.45) is 18.4. The Morgan fingerprint density at radius 3 is 2.23 bits per heavy atom. The zero-order chi connectivity index (χ0) is 28.4. The number of ether oxygens (including phenoxy) is 1. The number of hydrogen-bond acceptors (Lipinski definition) is 3. The Morgan fingerprint density at radius 2 is 1.57 bits per heavy atom. The van der Waals surface area contributed by atoms with Crippen LogP contribution in [0.25, 0.3) is 0 Å². The lowest BCUT2D eigenvalue weighted by Crippen LogP contribution is -2.32. The molecule has 0 aliphatic heterocycles. The van der Waals surface area contributed by atoms with Gasteiger partial charge in [-0.1, -0.05) is 126 Å². The third-order valence-corrected chi connectivity index (χ3v) is 8.29. The molecule has 0 aliphatic rings. The topological polar surface area (TPSA) is 33.4 Å². The molecule has 0 unspecified atom stereocenters. The van der Waals surface area contributed by atoms with Crippen molar-refractivity contribution in [3.63, 3.8) is 0 Å². The fraction of sp³-hybridized carbons (Fsp3) is 0.529. The lowest BCUT2D eigenvalue weighted by atomic mass is 10.1. The van der Waals surface area contributed by atoms with Crippen molar-refractivity contribution in [3.05, 3.63) is 75.7 Å². The molecular formula is C34H48ClN2O2S+. The highest BCUT2D eigenvalue weighted by Crippen LogP contribution is 2.28. The number of aromatic nitrogens is 1. The van der Waals surface area contributed by atoms with Gasteiger partial charge in [-0.25, -0.2) is 0 Å². The van der Waals surface area contributed by atoms with Gasteiger partial charge in [-0.3, -0.25) is 4.79 Å². The molecule has 0 atom stereocenters. The van der Waals surface area contributed by atoms with Crippen LogP contribution in [0.2, 0.25) is 5.02 Å². The summed E-state index contributed by atoms with van der Waals surface area (Å²) >= 11 is 8.14. The Kier molecular flexibility index (Phi) is 15.2. The van der Waals surface area contributed by atoms with E-state index < -0.39 is 0 Å². The van der Waals surface area contributed by atoms with Crippen LogP contribution in [0.3, 0.4) is 0 Å². The Balaban J connectivity index is 1.45. The van der Waals surface area contributed by atoms with Gasteiger partial charge in [-0.15, -0.1) is 0 Å². The third-order valence-electron chi connectivity index (χ3n) is 7.31. The first-order valence-corrected chi connectivity index (χ1v) is 16.6. The van der Waals surface area contributed by atoms with Gasteiger partial charge in [0.1, 0.15) is 5.75 Å². The predicted octanol–water partition coefficient (Wildman–Crippen LogP) is 9.76. The molecule has 0 saturated heterocycles. The van der Waals surface area contributed by atoms with E-state index in [9.17, 15) is 4.79 Å². The van der Waals surface area contributed by atoms with Crippen LogP contribution in [0.4, 0.5) is 5.69 Å². The van der Waals surface area contributed by atoms with Crippen LogP contribution in [0.15, 0.2) is 59.6 Å². The van der Waals surface area contributed by atoms with Gasteiger partial charge in [0, 0.05) is 17.7 Å². The minimum Gasteiger partial charge on any atom is -0.492 e. The molecule has 6 heteroatoms. The molecule has 1 heterocycles. The molecule has 3 rings (SSSR count). The highest BCUT2D eigenvalue weighted by molar-refractivity contribution is 7.07. The molecule has 0 aliphatic carbocycles. The summed E-state index contributed by atoms with van der Waals surface area (Å²) in [7, 11) is 0. The molecule has 218 valence electrons. The number of unbranched alkanes of at least 4 members (excludes halogenated alkanes) is 11. The first-order chi connectivity index (χ1) is 19.6. The van der Waals surface area contributed by atoms with Gasteiger partial charge in [0.25, 0.3) is 0 Å². The normalized spacial score (nSPS) is 11.1. The minimum absolute atomic E-state index is 0.0919. The Hall–Kier alpha value is -2.37. The van der Waals surface area contributed by atoms with E-state index >= 15 is 0 Å². The molecule has 0 fully saturated rings. The van der Waals surface area contributed by atoms with Crippen LogP contribution in [0.5, 0.6) is 5.75 Å². The maximum atomic E-state index is 13.0. The quantitative estimate of drug-likeness (QED) is 0.0979. The van der Waals surface area contributed by atoms with Crippen LogP contribution >= 0.6 is 22.9 Å². The van der Waals surface area contributed by atoms with Gasteiger partial charge < -0.3 is 9.64 Å². The number of carbonyl (C=O) groups excluding carboxylic acids is 1. The van der Waals surface area contributed by atoms with Crippen molar-refractivity contribution in [1.29, 1.82) is 0 Å². The summed E-state index contributed by atoms with van der Waals surface area (Å²) in [6.45, 7) is 6.11. The molecule has 1 amide bonds. The van der Waals surface area contributed by atoms with Gasteiger partial charge in [0.05, 0.1) is 23.6 Å². The zero-order valence-electron chi connectivity index (χ0n) is 24.6. The average molecular weight is 584 g/mol. The number of benzene rings is 2. The number of halogens is 1. The van der Waals surface area contributed by atoms with Crippen LogP contribution in [0, 0.1) is 0 Å². The molecule has 0 saturated carbocycles.